The molecule has 0 radical (unpaired) electrons. The zero-order valence-corrected chi connectivity index (χ0v) is 45.6. The number of thioether (sulfide) groups is 1. The maximum absolute atomic E-state index is 14.1. The third-order valence-electron chi connectivity index (χ3n) is 11.5. The summed E-state index contributed by atoms with van der Waals surface area (Å²) in [5.41, 5.74) is 13.1. The van der Waals surface area contributed by atoms with Crippen LogP contribution in [0.3, 0.4) is 0 Å². The highest BCUT2D eigenvalue weighted by Gasteiger charge is 2.34. The van der Waals surface area contributed by atoms with Gasteiger partial charge >= 0.3 is 0 Å². The molecule has 9 amide bonds. The number of aliphatic hydroxyl groups is 2. The summed E-state index contributed by atoms with van der Waals surface area (Å²) in [6.45, 7) is 12.5. The fourth-order valence-corrected chi connectivity index (χ4v) is 8.81. The number of amides is 9. The van der Waals surface area contributed by atoms with Crippen LogP contribution in [0.15, 0.2) is 36.8 Å². The largest absolute Gasteiger partial charge is 0.394 e. The van der Waals surface area contributed by atoms with Gasteiger partial charge in [-0.1, -0.05) is 63.8 Å². The van der Waals surface area contributed by atoms with E-state index in [2.05, 4.69) is 57.4 Å². The summed E-state index contributed by atoms with van der Waals surface area (Å²) in [6.07, 6.45) is 3.16. The molecule has 2 aromatic rings. The predicted molar refractivity (Wildman–Crippen MR) is 288 cm³/mol. The van der Waals surface area contributed by atoms with Crippen LogP contribution in [0.4, 0.5) is 5.69 Å². The van der Waals surface area contributed by atoms with Gasteiger partial charge in [0.2, 0.25) is 53.2 Å². The molecule has 0 aliphatic rings. The number of nitrogens with one attached hydrogen (secondary N) is 9. The number of primary amides is 1. The van der Waals surface area contributed by atoms with Crippen molar-refractivity contribution in [1.82, 2.24) is 52.1 Å². The van der Waals surface area contributed by atoms with Crippen molar-refractivity contribution in [3.05, 3.63) is 48.0 Å². The van der Waals surface area contributed by atoms with Crippen LogP contribution in [-0.4, -0.2) is 158 Å². The molecule has 0 unspecified atom stereocenters. The maximum atomic E-state index is 14.1. The Balaban J connectivity index is 2.27. The van der Waals surface area contributed by atoms with Gasteiger partial charge in [-0.3, -0.25) is 43.2 Å². The number of benzene rings is 1. The maximum Gasteiger partial charge on any atom is 0.246 e. The lowest BCUT2D eigenvalue weighted by atomic mass is 10.00. The minimum atomic E-state index is -1.71. The van der Waals surface area contributed by atoms with E-state index in [0.29, 0.717) is 30.0 Å². The predicted octanol–water partition coefficient (Wildman–Crippen LogP) is -0.664. The Morgan fingerprint density at radius 2 is 1.13 bits per heavy atom. The molecule has 24 nitrogen and oxygen atoms in total. The molecule has 2 rings (SSSR count). The molecule has 0 aliphatic carbocycles. The van der Waals surface area contributed by atoms with Gasteiger partial charge in [0.1, 0.15) is 46.6 Å². The number of rotatable bonds is 34. The summed E-state index contributed by atoms with van der Waals surface area (Å²) >= 11 is 7.08. The number of hydrogen-bond donors (Lipinski definition) is 13. The van der Waals surface area contributed by atoms with Crippen molar-refractivity contribution >= 4 is 87.2 Å². The quantitative estimate of drug-likeness (QED) is 0.0306. The second-order valence-corrected chi connectivity index (χ2v) is 20.3. The normalized spacial score (nSPS) is 13.9. The van der Waals surface area contributed by atoms with Gasteiger partial charge in [-0.25, -0.2) is 4.98 Å². The molecule has 1 aromatic heterocycles. The monoisotopic (exact) mass is 1090 g/mol. The number of aromatic amines is 1. The third-order valence-corrected chi connectivity index (χ3v) is 13.1. The minimum Gasteiger partial charge on any atom is -0.394 e. The van der Waals surface area contributed by atoms with Gasteiger partial charge in [0.25, 0.3) is 0 Å². The minimum absolute atomic E-state index is 0.00911. The smallest absolute Gasteiger partial charge is 0.246 e. The van der Waals surface area contributed by atoms with Crippen molar-refractivity contribution < 1.29 is 53.4 Å². The average molecular weight is 1090 g/mol. The first-order chi connectivity index (χ1) is 35.5. The Morgan fingerprint density at radius 1 is 0.667 bits per heavy atom. The lowest BCUT2D eigenvalue weighted by molar-refractivity contribution is -0.136. The number of H-pyrrole nitrogens is 1. The molecule has 0 spiro atoms. The van der Waals surface area contributed by atoms with Crippen LogP contribution >= 0.6 is 24.0 Å². The summed E-state index contributed by atoms with van der Waals surface area (Å²) < 4.78 is 0.790. The molecule has 0 bridgehead atoms. The van der Waals surface area contributed by atoms with Gasteiger partial charge < -0.3 is 74.1 Å². The SMILES string of the molecule is CCN(CC)C(=S)SCc1ccc(NC(=O)[C@H](CC(C)C)NC(=O)[C@H](CCC(N)=O)NC(=O)[C@H](CC(C)C)NC(=O)[C@H](CCCCN)NC(=O)[C@H](CO)NC(=O)[C@H](CO)NC(=O)[C@H](Cc2cnc[nH]2)NC(C)=O)cc1. The Morgan fingerprint density at radius 3 is 1.59 bits per heavy atom. The first-order valence-electron chi connectivity index (χ1n) is 25.1. The van der Waals surface area contributed by atoms with Gasteiger partial charge in [-0.15, -0.1) is 0 Å². The number of nitrogens with zero attached hydrogens (tertiary/aromatic N) is 2. The molecule has 0 saturated heterocycles. The number of hydrogen-bond acceptors (Lipinski definition) is 15. The van der Waals surface area contributed by atoms with Crippen molar-refractivity contribution in [2.24, 2.45) is 23.3 Å². The summed E-state index contributed by atoms with van der Waals surface area (Å²) in [7, 11) is 0. The molecule has 75 heavy (non-hydrogen) atoms. The molecule has 1 heterocycles. The van der Waals surface area contributed by atoms with E-state index in [1.54, 1.807) is 26.0 Å². The first kappa shape index (κ1) is 64.9. The molecule has 1 aromatic carbocycles. The number of carbonyl (C=O) groups excluding carboxylic acids is 9. The highest BCUT2D eigenvalue weighted by atomic mass is 32.2. The highest BCUT2D eigenvalue weighted by Crippen LogP contribution is 2.20. The highest BCUT2D eigenvalue weighted by molar-refractivity contribution is 8.22. The van der Waals surface area contributed by atoms with Crippen molar-refractivity contribution in [2.75, 3.05) is 38.2 Å². The number of nitrogens with two attached hydrogens (primary N) is 2. The molecule has 0 saturated carbocycles. The number of aromatic nitrogens is 2. The molecule has 418 valence electrons. The second-order valence-electron chi connectivity index (χ2n) is 18.7. The third kappa shape index (κ3) is 24.3. The molecule has 7 atom stereocenters. The van der Waals surface area contributed by atoms with Crippen LogP contribution in [0.2, 0.25) is 0 Å². The van der Waals surface area contributed by atoms with Crippen LogP contribution in [0, 0.1) is 11.8 Å². The van der Waals surface area contributed by atoms with Gasteiger partial charge in [0.05, 0.1) is 19.5 Å². The Hall–Kier alpha value is -6.22. The molecule has 26 heteroatoms. The Kier molecular flexibility index (Phi) is 29.7. The van der Waals surface area contributed by atoms with Gasteiger partial charge in [0, 0.05) is 56.2 Å². The number of carbonyl (C=O) groups is 9. The zero-order chi connectivity index (χ0) is 56.2. The van der Waals surface area contributed by atoms with Gasteiger partial charge in [-0.05, 0) is 88.4 Å². The molecule has 15 N–H and O–H groups in total. The number of anilines is 1. The molecular weight excluding hydrogens is 1010 g/mol. The summed E-state index contributed by atoms with van der Waals surface area (Å²) in [5, 5.41) is 40.7. The van der Waals surface area contributed by atoms with E-state index in [1.807, 2.05) is 39.8 Å². The van der Waals surface area contributed by atoms with Crippen molar-refractivity contribution in [3.8, 4) is 0 Å². The lowest BCUT2D eigenvalue weighted by Gasteiger charge is -2.28. The van der Waals surface area contributed by atoms with Crippen LogP contribution in [-0.2, 0) is 55.3 Å². The molecule has 0 fully saturated rings. The van der Waals surface area contributed by atoms with Gasteiger partial charge in [0.15, 0.2) is 0 Å². The zero-order valence-electron chi connectivity index (χ0n) is 44.0. The fourth-order valence-electron chi connectivity index (χ4n) is 7.45. The van der Waals surface area contributed by atoms with E-state index in [4.69, 9.17) is 23.7 Å². The summed E-state index contributed by atoms with van der Waals surface area (Å²) in [6, 6.07) is -2.46. The van der Waals surface area contributed by atoms with Crippen molar-refractivity contribution in [1.29, 1.82) is 0 Å². The van der Waals surface area contributed by atoms with E-state index in [9.17, 15) is 53.4 Å². The van der Waals surface area contributed by atoms with E-state index in [-0.39, 0.29) is 56.9 Å². The van der Waals surface area contributed by atoms with E-state index < -0.39 is 109 Å². The number of thiocarbonyl (C=S) groups is 1. The van der Waals surface area contributed by atoms with Crippen LogP contribution in [0.5, 0.6) is 0 Å². The van der Waals surface area contributed by atoms with E-state index in [1.165, 1.54) is 31.2 Å². The first-order valence-corrected chi connectivity index (χ1v) is 26.5. The van der Waals surface area contributed by atoms with Crippen LogP contribution in [0.1, 0.15) is 105 Å². The lowest BCUT2D eigenvalue weighted by Crippen LogP contribution is -2.61. The van der Waals surface area contributed by atoms with Crippen LogP contribution < -0.4 is 54.0 Å². The van der Waals surface area contributed by atoms with Crippen molar-refractivity contribution in [2.45, 2.75) is 148 Å². The van der Waals surface area contributed by atoms with Crippen molar-refractivity contribution in [3.63, 3.8) is 0 Å². The molecule has 0 aliphatic heterocycles. The number of imidazole rings is 1. The van der Waals surface area contributed by atoms with E-state index in [0.717, 1.165) is 23.0 Å². The fraction of sp³-hybridized carbons (Fsp3) is 0.612. The number of aliphatic hydroxyl groups excluding tert-OH is 2. The summed E-state index contributed by atoms with van der Waals surface area (Å²) in [5.74, 6) is -6.91. The number of unbranched alkanes of at least 4 members (excludes halogenated alkanes) is 1. The summed E-state index contributed by atoms with van der Waals surface area (Å²) in [4.78, 5) is 129. The Bertz CT molecular complexity index is 2180. The van der Waals surface area contributed by atoms with Gasteiger partial charge in [-0.2, -0.15) is 0 Å². The topological polar surface area (TPSA) is 374 Å². The average Bonchev–Trinajstić information content (AvgIpc) is 3.87. The standard InChI is InChI=1S/C49H79N13O11S2/c1-8-62(9-2)49(74)75-26-31-13-15-32(16-14-31)55-44(69)36(20-28(3)4)58-43(68)35(17-18-41(51)66)57-45(70)37(21-29(5)6)59-42(67)34(12-10-11-19-50)56-47(72)39(24-63)61-48(73)40(25-64)60-46(71)38(54-30(7)65)22-33-23-52-27-53-33/h13-16,23,27-29,34-40,63-64H,8-12,17-22,24-26,50H2,1-7H3,(H2,51,66)(H,52,53)(H,54,65)(H,55,69)(H,56,72)(H,57,70)(H,58,68)(H,59,67)(H,60,71)(H,61,73)/t34-,35-,36-,37-,38-,39-,40-/m0/s1. The second kappa shape index (κ2) is 34.4. The Labute approximate surface area is 448 Å². The van der Waals surface area contributed by atoms with Crippen LogP contribution in [0.25, 0.3) is 0 Å². The molecular formula is C49H79N13O11S2. The van der Waals surface area contributed by atoms with E-state index >= 15 is 0 Å².